The van der Waals surface area contributed by atoms with Crippen molar-refractivity contribution in [2.24, 2.45) is 0 Å². The van der Waals surface area contributed by atoms with E-state index in [9.17, 15) is 26.0 Å². The van der Waals surface area contributed by atoms with Crippen molar-refractivity contribution in [2.75, 3.05) is 10.5 Å². The first kappa shape index (κ1) is 15.4. The lowest BCUT2D eigenvalue weighted by molar-refractivity contribution is -0.137. The normalized spacial score (nSPS) is 12.4. The van der Waals surface area contributed by atoms with E-state index < -0.39 is 37.6 Å². The van der Waals surface area contributed by atoms with Crippen LogP contribution in [0.2, 0.25) is 0 Å². The molecular weight excluding hydrogens is 336 g/mol. The van der Waals surface area contributed by atoms with E-state index in [4.69, 9.17) is 5.73 Å². The number of nitrogen functional groups attached to an aromatic ring is 1. The van der Waals surface area contributed by atoms with Gasteiger partial charge in [0, 0.05) is 0 Å². The quantitative estimate of drug-likeness (QED) is 0.832. The zero-order valence-corrected chi connectivity index (χ0v) is 11.5. The van der Waals surface area contributed by atoms with E-state index in [1.54, 1.807) is 4.72 Å². The summed E-state index contributed by atoms with van der Waals surface area (Å²) in [5, 5.41) is 6.34. The van der Waals surface area contributed by atoms with Gasteiger partial charge >= 0.3 is 6.18 Å². The summed E-state index contributed by atoms with van der Waals surface area (Å²) in [5.74, 6) is -1.16. The van der Waals surface area contributed by atoms with Gasteiger partial charge in [-0.15, -0.1) is 10.2 Å². The lowest BCUT2D eigenvalue weighted by Gasteiger charge is -2.10. The van der Waals surface area contributed by atoms with Crippen molar-refractivity contribution >= 4 is 32.2 Å². The molecule has 2 rings (SSSR count). The van der Waals surface area contributed by atoms with E-state index >= 15 is 0 Å². The van der Waals surface area contributed by atoms with Gasteiger partial charge in [0.1, 0.15) is 5.82 Å². The second-order valence-corrected chi connectivity index (χ2v) is 6.57. The van der Waals surface area contributed by atoms with Gasteiger partial charge in [0.15, 0.2) is 0 Å². The van der Waals surface area contributed by atoms with E-state index in [-0.39, 0.29) is 5.13 Å². The van der Waals surface area contributed by atoms with Crippen LogP contribution >= 0.6 is 11.3 Å². The highest BCUT2D eigenvalue weighted by atomic mass is 32.2. The first-order valence-electron chi connectivity index (χ1n) is 5.08. The van der Waals surface area contributed by atoms with Gasteiger partial charge in [0.2, 0.25) is 5.13 Å². The number of aromatic nitrogens is 2. The van der Waals surface area contributed by atoms with Crippen LogP contribution in [0.3, 0.4) is 0 Å². The lowest BCUT2D eigenvalue weighted by atomic mass is 10.2. The van der Waals surface area contributed by atoms with Gasteiger partial charge < -0.3 is 5.73 Å². The van der Waals surface area contributed by atoms with E-state index in [0.717, 1.165) is 0 Å². The second kappa shape index (κ2) is 5.11. The molecule has 3 N–H and O–H groups in total. The van der Waals surface area contributed by atoms with E-state index in [1.807, 2.05) is 0 Å². The van der Waals surface area contributed by atoms with Crippen molar-refractivity contribution in [3.63, 3.8) is 0 Å². The third-order valence-electron chi connectivity index (χ3n) is 2.19. The molecule has 0 bridgehead atoms. The van der Waals surface area contributed by atoms with Crippen LogP contribution < -0.4 is 10.5 Å². The average Bonchev–Trinajstić information content (AvgIpc) is 2.78. The molecule has 0 spiro atoms. The van der Waals surface area contributed by atoms with Crippen LogP contribution in [-0.4, -0.2) is 18.6 Å². The number of hydrogen-bond donors (Lipinski definition) is 2. The van der Waals surface area contributed by atoms with Crippen molar-refractivity contribution in [1.82, 2.24) is 10.2 Å². The van der Waals surface area contributed by atoms with E-state index in [2.05, 4.69) is 10.2 Å². The van der Waals surface area contributed by atoms with E-state index in [1.165, 1.54) is 0 Å². The predicted octanol–water partition coefficient (Wildman–Crippen LogP) is 2.08. The third-order valence-corrected chi connectivity index (χ3v) is 4.68. The topological polar surface area (TPSA) is 98.0 Å². The Kier molecular flexibility index (Phi) is 3.76. The van der Waals surface area contributed by atoms with Crippen molar-refractivity contribution in [3.05, 3.63) is 29.6 Å². The molecule has 0 saturated carbocycles. The van der Waals surface area contributed by atoms with Crippen LogP contribution in [0.4, 0.5) is 28.4 Å². The Hall–Kier alpha value is -1.95. The van der Waals surface area contributed by atoms with Gasteiger partial charge in [-0.2, -0.15) is 21.6 Å². The van der Waals surface area contributed by atoms with E-state index in [0.29, 0.717) is 29.5 Å². The molecule has 0 fully saturated rings. The summed E-state index contributed by atoms with van der Waals surface area (Å²) in [6.45, 7) is 0. The number of anilines is 2. The zero-order valence-electron chi connectivity index (χ0n) is 9.85. The molecule has 1 heterocycles. The second-order valence-electron chi connectivity index (χ2n) is 3.70. The number of sulfonamides is 1. The Morgan fingerprint density at radius 2 is 1.90 bits per heavy atom. The summed E-state index contributed by atoms with van der Waals surface area (Å²) in [6, 6.07) is 1.35. The zero-order chi connectivity index (χ0) is 15.8. The molecule has 0 amide bonds. The molecule has 114 valence electrons. The minimum absolute atomic E-state index is 0.153. The largest absolute Gasteiger partial charge is 0.416 e. The molecule has 0 atom stereocenters. The predicted molar refractivity (Wildman–Crippen MR) is 66.5 cm³/mol. The van der Waals surface area contributed by atoms with Crippen LogP contribution in [-0.2, 0) is 16.2 Å². The highest BCUT2D eigenvalue weighted by molar-refractivity contribution is 7.94. The van der Waals surface area contributed by atoms with Crippen molar-refractivity contribution in [1.29, 1.82) is 0 Å². The fourth-order valence-corrected chi connectivity index (χ4v) is 3.14. The summed E-state index contributed by atoms with van der Waals surface area (Å²) in [5.41, 5.74) is 3.17. The highest BCUT2D eigenvalue weighted by Gasteiger charge is 2.32. The average molecular weight is 342 g/mol. The number of hydrogen-bond acceptors (Lipinski definition) is 6. The maximum atomic E-state index is 13.5. The number of nitrogens with zero attached hydrogens (tertiary/aromatic N) is 2. The van der Waals surface area contributed by atoms with Crippen LogP contribution in [0.25, 0.3) is 0 Å². The Morgan fingerprint density at radius 1 is 1.24 bits per heavy atom. The fraction of sp³-hybridized carbons (Fsp3) is 0.111. The van der Waals surface area contributed by atoms with Crippen LogP contribution in [0.1, 0.15) is 5.56 Å². The Balaban J connectivity index is 2.39. The molecule has 21 heavy (non-hydrogen) atoms. The highest BCUT2D eigenvalue weighted by Crippen LogP contribution is 2.32. The first-order chi connectivity index (χ1) is 9.59. The third kappa shape index (κ3) is 3.39. The molecule has 0 aliphatic rings. The van der Waals surface area contributed by atoms with Gasteiger partial charge in [-0.25, -0.2) is 4.39 Å². The van der Waals surface area contributed by atoms with Gasteiger partial charge in [0.05, 0.1) is 11.3 Å². The molecule has 0 aliphatic carbocycles. The molecule has 2 aromatic rings. The number of alkyl halides is 3. The molecule has 0 unspecified atom stereocenters. The first-order valence-corrected chi connectivity index (χ1v) is 7.38. The van der Waals surface area contributed by atoms with Gasteiger partial charge in [-0.05, 0) is 18.2 Å². The SMILES string of the molecule is Nc1nnc(S(=O)(=O)Nc2cc(C(F)(F)F)ccc2F)s1. The maximum absolute atomic E-state index is 13.5. The molecule has 1 aromatic heterocycles. The molecule has 0 aliphatic heterocycles. The summed E-state index contributed by atoms with van der Waals surface area (Å²) in [7, 11) is -4.37. The molecule has 6 nitrogen and oxygen atoms in total. The smallest absolute Gasteiger partial charge is 0.374 e. The number of benzene rings is 1. The number of halogens is 4. The minimum Gasteiger partial charge on any atom is -0.374 e. The summed E-state index contributed by atoms with van der Waals surface area (Å²) >= 11 is 0.490. The molecule has 12 heteroatoms. The van der Waals surface area contributed by atoms with Crippen molar-refractivity contribution in [3.8, 4) is 0 Å². The summed E-state index contributed by atoms with van der Waals surface area (Å²) in [4.78, 5) is 0. The van der Waals surface area contributed by atoms with Gasteiger partial charge in [-0.3, -0.25) is 4.72 Å². The van der Waals surface area contributed by atoms with Crippen molar-refractivity contribution < 1.29 is 26.0 Å². The molecule has 1 aromatic carbocycles. The Labute approximate surface area is 119 Å². The Bertz CT molecular complexity index is 772. The fourth-order valence-electron chi connectivity index (χ4n) is 1.30. The summed E-state index contributed by atoms with van der Waals surface area (Å²) in [6.07, 6.45) is -4.74. The van der Waals surface area contributed by atoms with Gasteiger partial charge in [-0.1, -0.05) is 11.3 Å². The Morgan fingerprint density at radius 3 is 2.43 bits per heavy atom. The van der Waals surface area contributed by atoms with Crippen LogP contribution in [0, 0.1) is 5.82 Å². The molecule has 0 saturated heterocycles. The lowest BCUT2D eigenvalue weighted by Crippen LogP contribution is -2.15. The number of nitrogens with two attached hydrogens (primary N) is 1. The number of rotatable bonds is 3. The van der Waals surface area contributed by atoms with Gasteiger partial charge in [0.25, 0.3) is 14.4 Å². The number of nitrogens with one attached hydrogen (secondary N) is 1. The maximum Gasteiger partial charge on any atom is 0.416 e. The van der Waals surface area contributed by atoms with Crippen LogP contribution in [0.5, 0.6) is 0 Å². The molecular formula is C9H6F4N4O2S2. The molecule has 0 radical (unpaired) electrons. The minimum atomic E-state index is -4.74. The summed E-state index contributed by atoms with van der Waals surface area (Å²) < 4.78 is 75.8. The van der Waals surface area contributed by atoms with Crippen molar-refractivity contribution in [2.45, 2.75) is 10.5 Å². The monoisotopic (exact) mass is 342 g/mol. The van der Waals surface area contributed by atoms with Crippen LogP contribution in [0.15, 0.2) is 22.5 Å². The standard InChI is InChI=1S/C9H6F4N4O2S2/c10-5-2-1-4(9(11,12)13)3-6(5)17-21(18,19)8-16-15-7(14)20-8/h1-3,17H,(H2,14,15).